The second kappa shape index (κ2) is 6.19. The average Bonchev–Trinajstić information content (AvgIpc) is 3.11. The highest BCUT2D eigenvalue weighted by Crippen LogP contribution is 2.27. The molecule has 0 spiro atoms. The Morgan fingerprint density at radius 2 is 2.33 bits per heavy atom. The van der Waals surface area contributed by atoms with Gasteiger partial charge in [0, 0.05) is 12.3 Å². The van der Waals surface area contributed by atoms with Gasteiger partial charge in [0.25, 0.3) is 5.89 Å². The van der Waals surface area contributed by atoms with Crippen molar-refractivity contribution >= 4 is 39.3 Å². The molecule has 108 valence electrons. The van der Waals surface area contributed by atoms with Gasteiger partial charge in [0.1, 0.15) is 16.2 Å². The van der Waals surface area contributed by atoms with Crippen LogP contribution in [0.5, 0.6) is 0 Å². The van der Waals surface area contributed by atoms with Gasteiger partial charge >= 0.3 is 5.97 Å². The van der Waals surface area contributed by atoms with Gasteiger partial charge in [0.15, 0.2) is 6.61 Å². The van der Waals surface area contributed by atoms with E-state index < -0.39 is 0 Å². The molecule has 0 unspecified atom stereocenters. The van der Waals surface area contributed by atoms with E-state index in [0.29, 0.717) is 5.89 Å². The van der Waals surface area contributed by atoms with E-state index in [1.165, 1.54) is 29.4 Å². The molecular weight excluding hydrogens is 312 g/mol. The van der Waals surface area contributed by atoms with E-state index >= 15 is 0 Å². The first-order valence-electron chi connectivity index (χ1n) is 5.98. The summed E-state index contributed by atoms with van der Waals surface area (Å²) in [6, 6.07) is 1.94. The number of esters is 1. The predicted molar refractivity (Wildman–Crippen MR) is 77.0 cm³/mol. The van der Waals surface area contributed by atoms with Crippen LogP contribution < -0.4 is 0 Å². The van der Waals surface area contributed by atoms with E-state index in [-0.39, 0.29) is 24.2 Å². The van der Waals surface area contributed by atoms with E-state index in [9.17, 15) is 4.79 Å². The Morgan fingerprint density at radius 1 is 1.43 bits per heavy atom. The van der Waals surface area contributed by atoms with E-state index in [1.54, 1.807) is 6.92 Å². The molecule has 21 heavy (non-hydrogen) atoms. The quantitative estimate of drug-likeness (QED) is 0.401. The van der Waals surface area contributed by atoms with Gasteiger partial charge in [-0.2, -0.15) is 0 Å². The van der Waals surface area contributed by atoms with Crippen LogP contribution in [0.15, 0.2) is 27.2 Å². The molecule has 0 saturated carbocycles. The lowest BCUT2D eigenvalue weighted by molar-refractivity contribution is -0.142. The van der Waals surface area contributed by atoms with Crippen LogP contribution >= 0.6 is 23.1 Å². The van der Waals surface area contributed by atoms with Gasteiger partial charge in [-0.25, -0.2) is 9.97 Å². The summed E-state index contributed by atoms with van der Waals surface area (Å²) in [4.78, 5) is 20.9. The van der Waals surface area contributed by atoms with Crippen LogP contribution in [0.2, 0.25) is 0 Å². The van der Waals surface area contributed by atoms with Crippen LogP contribution in [0.1, 0.15) is 11.8 Å². The smallest absolute Gasteiger partial charge is 0.316 e. The van der Waals surface area contributed by atoms with Crippen LogP contribution in [-0.4, -0.2) is 31.9 Å². The molecule has 0 aliphatic carbocycles. The third kappa shape index (κ3) is 3.37. The largest absolute Gasteiger partial charge is 0.455 e. The Labute approximate surface area is 127 Å². The highest BCUT2D eigenvalue weighted by molar-refractivity contribution is 8.00. The zero-order valence-electron chi connectivity index (χ0n) is 11.0. The molecule has 0 N–H and O–H groups in total. The van der Waals surface area contributed by atoms with Crippen molar-refractivity contribution < 1.29 is 13.9 Å². The fourth-order valence-corrected chi connectivity index (χ4v) is 3.17. The fourth-order valence-electron chi connectivity index (χ4n) is 1.59. The molecule has 0 bridgehead atoms. The minimum Gasteiger partial charge on any atom is -0.455 e. The minimum atomic E-state index is -0.363. The summed E-state index contributed by atoms with van der Waals surface area (Å²) in [7, 11) is 0. The van der Waals surface area contributed by atoms with E-state index in [4.69, 9.17) is 9.15 Å². The first kappa shape index (κ1) is 14.0. The van der Waals surface area contributed by atoms with Crippen LogP contribution in [0.3, 0.4) is 0 Å². The van der Waals surface area contributed by atoms with Crippen molar-refractivity contribution in [1.29, 1.82) is 0 Å². The highest BCUT2D eigenvalue weighted by Gasteiger charge is 2.11. The van der Waals surface area contributed by atoms with E-state index in [2.05, 4.69) is 20.2 Å². The van der Waals surface area contributed by atoms with Gasteiger partial charge in [-0.1, -0.05) is 11.8 Å². The van der Waals surface area contributed by atoms with Gasteiger partial charge in [0.2, 0.25) is 5.89 Å². The second-order valence-electron chi connectivity index (χ2n) is 3.98. The Kier molecular flexibility index (Phi) is 4.11. The van der Waals surface area contributed by atoms with Gasteiger partial charge < -0.3 is 9.15 Å². The highest BCUT2D eigenvalue weighted by atomic mass is 32.2. The zero-order valence-corrected chi connectivity index (χ0v) is 12.6. The number of thioether (sulfide) groups is 1. The standard InChI is InChI=1S/C12H10N4O3S2/c1-7-15-16-9(19-7)4-18-10(17)5-21-12-8-2-3-20-11(8)13-6-14-12/h2-3,6H,4-5H2,1H3. The minimum absolute atomic E-state index is 0.0160. The molecule has 7 nitrogen and oxygen atoms in total. The number of hydrogen-bond acceptors (Lipinski definition) is 9. The number of carbonyl (C=O) groups excluding carboxylic acids is 1. The molecule has 0 fully saturated rings. The lowest BCUT2D eigenvalue weighted by Crippen LogP contribution is -2.07. The normalized spacial score (nSPS) is 10.9. The molecule has 0 saturated heterocycles. The molecule has 9 heteroatoms. The van der Waals surface area contributed by atoms with Crippen molar-refractivity contribution in [3.05, 3.63) is 29.6 Å². The molecule has 0 aliphatic heterocycles. The second-order valence-corrected chi connectivity index (χ2v) is 5.84. The van der Waals surface area contributed by atoms with Gasteiger partial charge in [0.05, 0.1) is 5.75 Å². The summed E-state index contributed by atoms with van der Waals surface area (Å²) < 4.78 is 10.2. The van der Waals surface area contributed by atoms with Gasteiger partial charge in [-0.15, -0.1) is 21.5 Å². The molecular formula is C12H10N4O3S2. The number of nitrogens with zero attached hydrogens (tertiary/aromatic N) is 4. The average molecular weight is 322 g/mol. The number of ether oxygens (including phenoxy) is 1. The Bertz CT molecular complexity index is 771. The van der Waals surface area contributed by atoms with Crippen molar-refractivity contribution in [3.8, 4) is 0 Å². The lowest BCUT2D eigenvalue weighted by atomic mass is 10.4. The number of fused-ring (bicyclic) bond motifs is 1. The molecule has 0 aliphatic rings. The summed E-state index contributed by atoms with van der Waals surface area (Å²) in [6.45, 7) is 1.66. The van der Waals surface area contributed by atoms with Crippen LogP contribution in [0.25, 0.3) is 10.2 Å². The summed E-state index contributed by atoms with van der Waals surface area (Å²) in [5, 5.41) is 11.1. The number of rotatable bonds is 5. The molecule has 3 aromatic heterocycles. The summed E-state index contributed by atoms with van der Waals surface area (Å²) >= 11 is 2.85. The number of thiophene rings is 1. The zero-order chi connectivity index (χ0) is 14.7. The van der Waals surface area contributed by atoms with Crippen molar-refractivity contribution in [3.63, 3.8) is 0 Å². The van der Waals surface area contributed by atoms with Crippen LogP contribution in [0.4, 0.5) is 0 Å². The molecule has 3 heterocycles. The van der Waals surface area contributed by atoms with Crippen LogP contribution in [0, 0.1) is 6.92 Å². The number of carbonyl (C=O) groups is 1. The predicted octanol–water partition coefficient (Wildman–Crippen LogP) is 2.22. The van der Waals surface area contributed by atoms with Crippen molar-refractivity contribution in [2.24, 2.45) is 0 Å². The van der Waals surface area contributed by atoms with Crippen molar-refractivity contribution in [1.82, 2.24) is 20.2 Å². The van der Waals surface area contributed by atoms with Crippen molar-refractivity contribution in [2.45, 2.75) is 18.6 Å². The van der Waals surface area contributed by atoms with Gasteiger partial charge in [-0.3, -0.25) is 4.79 Å². The monoisotopic (exact) mass is 322 g/mol. The SMILES string of the molecule is Cc1nnc(COC(=O)CSc2ncnc3sccc23)o1. The molecule has 0 atom stereocenters. The Balaban J connectivity index is 1.55. The number of aromatic nitrogens is 4. The third-order valence-corrected chi connectivity index (χ3v) is 4.28. The summed E-state index contributed by atoms with van der Waals surface area (Å²) in [5.74, 6) is 0.525. The topological polar surface area (TPSA) is 91.0 Å². The summed E-state index contributed by atoms with van der Waals surface area (Å²) in [5.41, 5.74) is 0. The van der Waals surface area contributed by atoms with E-state index in [0.717, 1.165) is 15.2 Å². The Morgan fingerprint density at radius 3 is 3.14 bits per heavy atom. The molecule has 0 amide bonds. The maximum Gasteiger partial charge on any atom is 0.316 e. The van der Waals surface area contributed by atoms with Crippen molar-refractivity contribution in [2.75, 3.05) is 5.75 Å². The number of aryl methyl sites for hydroxylation is 1. The van der Waals surface area contributed by atoms with E-state index in [1.807, 2.05) is 11.4 Å². The maximum atomic E-state index is 11.7. The molecule has 3 aromatic rings. The van der Waals surface area contributed by atoms with Crippen LogP contribution in [-0.2, 0) is 16.1 Å². The first-order valence-corrected chi connectivity index (χ1v) is 7.84. The molecule has 3 rings (SSSR count). The fraction of sp³-hybridized carbons (Fsp3) is 0.250. The summed E-state index contributed by atoms with van der Waals surface area (Å²) in [6.07, 6.45) is 1.49. The lowest BCUT2D eigenvalue weighted by Gasteiger charge is -2.02. The maximum absolute atomic E-state index is 11.7. The van der Waals surface area contributed by atoms with Gasteiger partial charge in [-0.05, 0) is 11.4 Å². The first-order chi connectivity index (χ1) is 10.2. The Hall–Kier alpha value is -2.00. The molecule has 0 radical (unpaired) electrons. The molecule has 0 aromatic carbocycles. The number of hydrogen-bond donors (Lipinski definition) is 0. The third-order valence-electron chi connectivity index (χ3n) is 2.48.